The summed E-state index contributed by atoms with van der Waals surface area (Å²) in [5.41, 5.74) is 3.93. The number of ether oxygens (including phenoxy) is 1. The minimum absolute atomic E-state index is 0.562. The van der Waals surface area contributed by atoms with Crippen LogP contribution in [0.4, 0.5) is 4.79 Å². The maximum Gasteiger partial charge on any atom is 0.406 e. The third kappa shape index (κ3) is 2.40. The molecule has 0 aliphatic carbocycles. The molecule has 0 saturated heterocycles. The quantitative estimate of drug-likeness (QED) is 0.580. The van der Waals surface area contributed by atoms with E-state index in [4.69, 9.17) is 12.2 Å². The number of carbonyl (C=O) groups excluding carboxylic acids is 1. The van der Waals surface area contributed by atoms with Crippen LogP contribution < -0.4 is 5.73 Å². The fourth-order valence-corrected chi connectivity index (χ4v) is 0.426. The van der Waals surface area contributed by atoms with Crippen molar-refractivity contribution in [3.05, 3.63) is 0 Å². The molecule has 0 aromatic carbocycles. The van der Waals surface area contributed by atoms with Crippen LogP contribution in [0.1, 0.15) is 20.3 Å². The van der Waals surface area contributed by atoms with Gasteiger partial charge in [0.1, 0.15) is 0 Å². The predicted octanol–water partition coefficient (Wildman–Crippen LogP) is 0.884. The van der Waals surface area contributed by atoms with Crippen LogP contribution in [0.5, 0.6) is 0 Å². The second-order valence-electron chi connectivity index (χ2n) is 2.15. The van der Waals surface area contributed by atoms with Crippen LogP contribution in [0.25, 0.3) is 0 Å². The highest BCUT2D eigenvalue weighted by Crippen LogP contribution is 2.12. The van der Waals surface area contributed by atoms with E-state index in [0.717, 1.165) is 0 Å². The van der Waals surface area contributed by atoms with Gasteiger partial charge in [-0.1, -0.05) is 12.8 Å². The van der Waals surface area contributed by atoms with Crippen LogP contribution in [-0.4, -0.2) is 11.7 Å². The Morgan fingerprint density at radius 3 is 2.50 bits per heavy atom. The Kier molecular flexibility index (Phi) is 2.75. The van der Waals surface area contributed by atoms with Gasteiger partial charge in [-0.15, -0.1) is 6.42 Å². The molecule has 0 spiro atoms. The van der Waals surface area contributed by atoms with Crippen molar-refractivity contribution < 1.29 is 9.53 Å². The highest BCUT2D eigenvalue weighted by molar-refractivity contribution is 5.65. The second kappa shape index (κ2) is 3.11. The number of terminal acetylenes is 1. The van der Waals surface area contributed by atoms with E-state index in [1.807, 2.05) is 6.92 Å². The van der Waals surface area contributed by atoms with Crippen LogP contribution in [0.2, 0.25) is 0 Å². The molecule has 0 rings (SSSR count). The summed E-state index contributed by atoms with van der Waals surface area (Å²) in [6, 6.07) is 0. The van der Waals surface area contributed by atoms with Crippen molar-refractivity contribution in [3.63, 3.8) is 0 Å². The third-order valence-corrected chi connectivity index (χ3v) is 1.31. The van der Waals surface area contributed by atoms with E-state index < -0.39 is 11.7 Å². The number of amides is 1. The molecule has 3 nitrogen and oxygen atoms in total. The van der Waals surface area contributed by atoms with E-state index >= 15 is 0 Å². The van der Waals surface area contributed by atoms with Crippen molar-refractivity contribution in [1.29, 1.82) is 0 Å². The summed E-state index contributed by atoms with van der Waals surface area (Å²) in [6.45, 7) is 3.46. The zero-order chi connectivity index (χ0) is 8.20. The Labute approximate surface area is 60.5 Å². The molecule has 0 aromatic rings. The van der Waals surface area contributed by atoms with Gasteiger partial charge in [0.15, 0.2) is 5.60 Å². The lowest BCUT2D eigenvalue weighted by molar-refractivity contribution is 0.0713. The molecule has 0 aliphatic heterocycles. The Morgan fingerprint density at radius 1 is 1.90 bits per heavy atom. The summed E-state index contributed by atoms with van der Waals surface area (Å²) < 4.78 is 4.64. The Morgan fingerprint density at radius 2 is 2.40 bits per heavy atom. The van der Waals surface area contributed by atoms with Gasteiger partial charge in [-0.2, -0.15) is 0 Å². The standard InChI is InChI=1S/C7H11NO2/c1-4-7(3,5-2)10-6(8)9/h1H,5H2,2-3H3,(H2,8,9)/t7-/m1/s1. The van der Waals surface area contributed by atoms with Crippen molar-refractivity contribution in [3.8, 4) is 12.3 Å². The monoisotopic (exact) mass is 141 g/mol. The van der Waals surface area contributed by atoms with Gasteiger partial charge < -0.3 is 10.5 Å². The lowest BCUT2D eigenvalue weighted by atomic mass is 10.1. The molecule has 10 heavy (non-hydrogen) atoms. The van der Waals surface area contributed by atoms with E-state index in [1.165, 1.54) is 0 Å². The van der Waals surface area contributed by atoms with Gasteiger partial charge in [-0.25, -0.2) is 4.79 Å². The zero-order valence-electron chi connectivity index (χ0n) is 6.18. The summed E-state index contributed by atoms with van der Waals surface area (Å²) in [5.74, 6) is 2.34. The Balaban J connectivity index is 4.10. The molecule has 2 N–H and O–H groups in total. The lowest BCUT2D eigenvalue weighted by Gasteiger charge is -2.20. The number of carbonyl (C=O) groups is 1. The highest BCUT2D eigenvalue weighted by Gasteiger charge is 2.21. The average molecular weight is 141 g/mol. The normalized spacial score (nSPS) is 14.9. The molecule has 0 heterocycles. The number of rotatable bonds is 2. The molecular formula is C7H11NO2. The molecule has 0 radical (unpaired) electrons. The first-order valence-electron chi connectivity index (χ1n) is 3.00. The molecule has 0 unspecified atom stereocenters. The number of hydrogen-bond donors (Lipinski definition) is 1. The van der Waals surface area contributed by atoms with Gasteiger partial charge >= 0.3 is 6.09 Å². The van der Waals surface area contributed by atoms with E-state index in [1.54, 1.807) is 6.92 Å². The molecule has 0 saturated carbocycles. The maximum absolute atomic E-state index is 10.2. The molecule has 1 amide bonds. The molecule has 0 aliphatic rings. The van der Waals surface area contributed by atoms with Crippen molar-refractivity contribution in [1.82, 2.24) is 0 Å². The van der Waals surface area contributed by atoms with Gasteiger partial charge in [0.05, 0.1) is 0 Å². The van der Waals surface area contributed by atoms with Gasteiger partial charge in [0.2, 0.25) is 0 Å². The minimum atomic E-state index is -0.841. The fourth-order valence-electron chi connectivity index (χ4n) is 0.426. The van der Waals surface area contributed by atoms with Crippen molar-refractivity contribution in [2.45, 2.75) is 25.9 Å². The van der Waals surface area contributed by atoms with Crippen LogP contribution in [0, 0.1) is 12.3 Å². The van der Waals surface area contributed by atoms with Gasteiger partial charge in [-0.05, 0) is 13.3 Å². The SMILES string of the molecule is C#C[C@](C)(CC)OC(N)=O. The lowest BCUT2D eigenvalue weighted by Crippen LogP contribution is -2.31. The summed E-state index contributed by atoms with van der Waals surface area (Å²) in [5, 5.41) is 0. The highest BCUT2D eigenvalue weighted by atomic mass is 16.6. The summed E-state index contributed by atoms with van der Waals surface area (Å²) >= 11 is 0. The first-order valence-corrected chi connectivity index (χ1v) is 3.00. The summed E-state index contributed by atoms with van der Waals surface area (Å²) in [4.78, 5) is 10.2. The van der Waals surface area contributed by atoms with E-state index in [-0.39, 0.29) is 0 Å². The fraction of sp³-hybridized carbons (Fsp3) is 0.571. The number of primary amides is 1. The van der Waals surface area contributed by atoms with Crippen molar-refractivity contribution in [2.24, 2.45) is 5.73 Å². The second-order valence-corrected chi connectivity index (χ2v) is 2.15. The average Bonchev–Trinajstić information content (AvgIpc) is 1.87. The number of hydrogen-bond acceptors (Lipinski definition) is 2. The maximum atomic E-state index is 10.2. The van der Waals surface area contributed by atoms with Crippen LogP contribution in [0.15, 0.2) is 0 Å². The van der Waals surface area contributed by atoms with Crippen molar-refractivity contribution in [2.75, 3.05) is 0 Å². The Hall–Kier alpha value is -1.17. The van der Waals surface area contributed by atoms with Crippen LogP contribution in [0.3, 0.4) is 0 Å². The molecule has 56 valence electrons. The van der Waals surface area contributed by atoms with E-state index in [9.17, 15) is 4.79 Å². The van der Waals surface area contributed by atoms with Crippen LogP contribution in [-0.2, 0) is 4.74 Å². The van der Waals surface area contributed by atoms with Crippen LogP contribution >= 0.6 is 0 Å². The molecule has 0 fully saturated rings. The summed E-state index contributed by atoms with van der Waals surface area (Å²) in [7, 11) is 0. The first-order chi connectivity index (χ1) is 4.54. The minimum Gasteiger partial charge on any atom is -0.430 e. The van der Waals surface area contributed by atoms with E-state index in [2.05, 4.69) is 10.7 Å². The topological polar surface area (TPSA) is 52.3 Å². The smallest absolute Gasteiger partial charge is 0.406 e. The van der Waals surface area contributed by atoms with E-state index in [0.29, 0.717) is 6.42 Å². The number of nitrogens with two attached hydrogens (primary N) is 1. The van der Waals surface area contributed by atoms with Gasteiger partial charge in [-0.3, -0.25) is 0 Å². The first kappa shape index (κ1) is 8.83. The van der Waals surface area contributed by atoms with Gasteiger partial charge in [0, 0.05) is 0 Å². The Bertz CT molecular complexity index is 171. The molecule has 3 heteroatoms. The largest absolute Gasteiger partial charge is 0.430 e. The molecule has 0 aromatic heterocycles. The molecule has 1 atom stereocenters. The van der Waals surface area contributed by atoms with Gasteiger partial charge in [0.25, 0.3) is 0 Å². The third-order valence-electron chi connectivity index (χ3n) is 1.31. The zero-order valence-corrected chi connectivity index (χ0v) is 6.18. The van der Waals surface area contributed by atoms with Crippen molar-refractivity contribution >= 4 is 6.09 Å². The summed E-state index contributed by atoms with van der Waals surface area (Å²) in [6.07, 6.45) is 4.81. The molecular weight excluding hydrogens is 130 g/mol. The molecule has 0 bridgehead atoms. The predicted molar refractivity (Wildman–Crippen MR) is 38.2 cm³/mol.